The number of piperidine rings is 1. The van der Waals surface area contributed by atoms with Crippen molar-refractivity contribution in [2.24, 2.45) is 0 Å². The number of halogens is 1. The lowest BCUT2D eigenvalue weighted by molar-refractivity contribution is -0.124. The molecule has 13 heavy (non-hydrogen) atoms. The summed E-state index contributed by atoms with van der Waals surface area (Å²) in [6.45, 7) is 2.82. The van der Waals surface area contributed by atoms with Crippen LogP contribution in [0.1, 0.15) is 12.8 Å². The zero-order valence-electron chi connectivity index (χ0n) is 7.47. The summed E-state index contributed by atoms with van der Waals surface area (Å²) < 4.78 is -0.0799. The molecular formula is C8H15ClN2OS. The van der Waals surface area contributed by atoms with Gasteiger partial charge >= 0.3 is 0 Å². The summed E-state index contributed by atoms with van der Waals surface area (Å²) in [5.74, 6) is 1.34. The van der Waals surface area contributed by atoms with Crippen LogP contribution in [0.2, 0.25) is 0 Å². The molecule has 2 saturated heterocycles. The SMILES string of the molecule is Cl.O=C1NCCSC12CCNCC2. The fourth-order valence-corrected chi connectivity index (χ4v) is 3.13. The van der Waals surface area contributed by atoms with Gasteiger partial charge in [0, 0.05) is 12.3 Å². The van der Waals surface area contributed by atoms with Gasteiger partial charge in [-0.1, -0.05) is 0 Å². The van der Waals surface area contributed by atoms with Crippen LogP contribution in [0, 0.1) is 0 Å². The fraction of sp³-hybridized carbons (Fsp3) is 0.875. The molecule has 0 unspecified atom stereocenters. The van der Waals surface area contributed by atoms with Crippen molar-refractivity contribution in [3.8, 4) is 0 Å². The van der Waals surface area contributed by atoms with Crippen molar-refractivity contribution in [2.75, 3.05) is 25.4 Å². The van der Waals surface area contributed by atoms with Gasteiger partial charge in [-0.25, -0.2) is 0 Å². The first-order valence-corrected chi connectivity index (χ1v) is 5.45. The van der Waals surface area contributed by atoms with E-state index in [1.54, 1.807) is 0 Å². The van der Waals surface area contributed by atoms with E-state index in [1.165, 1.54) is 0 Å². The van der Waals surface area contributed by atoms with Crippen LogP contribution in [-0.2, 0) is 4.79 Å². The number of hydrogen-bond acceptors (Lipinski definition) is 3. The molecule has 3 nitrogen and oxygen atoms in total. The first-order valence-electron chi connectivity index (χ1n) is 4.46. The lowest BCUT2D eigenvalue weighted by Gasteiger charge is -2.38. The van der Waals surface area contributed by atoms with Crippen molar-refractivity contribution in [1.82, 2.24) is 10.6 Å². The van der Waals surface area contributed by atoms with E-state index in [2.05, 4.69) is 10.6 Å². The Morgan fingerprint density at radius 1 is 1.23 bits per heavy atom. The van der Waals surface area contributed by atoms with Crippen LogP contribution in [0.5, 0.6) is 0 Å². The molecule has 2 N–H and O–H groups in total. The second kappa shape index (κ2) is 4.53. The Hall–Kier alpha value is 0.0700. The molecule has 0 aliphatic carbocycles. The van der Waals surface area contributed by atoms with Crippen LogP contribution in [0.3, 0.4) is 0 Å². The predicted molar refractivity (Wildman–Crippen MR) is 57.6 cm³/mol. The number of hydrogen-bond donors (Lipinski definition) is 2. The lowest BCUT2D eigenvalue weighted by atomic mass is 9.95. The molecule has 0 aromatic heterocycles. The van der Waals surface area contributed by atoms with Gasteiger partial charge in [0.1, 0.15) is 0 Å². The maximum Gasteiger partial charge on any atom is 0.236 e. The van der Waals surface area contributed by atoms with Gasteiger partial charge in [0.2, 0.25) is 5.91 Å². The van der Waals surface area contributed by atoms with Crippen molar-refractivity contribution in [1.29, 1.82) is 0 Å². The van der Waals surface area contributed by atoms with E-state index < -0.39 is 0 Å². The first kappa shape index (κ1) is 11.1. The van der Waals surface area contributed by atoms with Gasteiger partial charge in [-0.15, -0.1) is 24.2 Å². The van der Waals surface area contributed by atoms with Crippen molar-refractivity contribution in [3.63, 3.8) is 0 Å². The highest BCUT2D eigenvalue weighted by Crippen LogP contribution is 2.36. The summed E-state index contributed by atoms with van der Waals surface area (Å²) >= 11 is 1.84. The normalized spacial score (nSPS) is 26.3. The molecule has 2 heterocycles. The summed E-state index contributed by atoms with van der Waals surface area (Å²) in [7, 11) is 0. The number of thioether (sulfide) groups is 1. The Morgan fingerprint density at radius 3 is 2.54 bits per heavy atom. The average molecular weight is 223 g/mol. The van der Waals surface area contributed by atoms with Gasteiger partial charge in [-0.05, 0) is 25.9 Å². The third kappa shape index (κ3) is 2.11. The van der Waals surface area contributed by atoms with E-state index in [0.717, 1.165) is 38.2 Å². The third-order valence-electron chi connectivity index (χ3n) is 2.59. The van der Waals surface area contributed by atoms with Gasteiger partial charge in [-0.2, -0.15) is 0 Å². The Bertz CT molecular complexity index is 186. The zero-order chi connectivity index (χ0) is 8.44. The van der Waals surface area contributed by atoms with Crippen LogP contribution >= 0.6 is 24.2 Å². The van der Waals surface area contributed by atoms with E-state index in [-0.39, 0.29) is 23.1 Å². The maximum atomic E-state index is 11.6. The molecule has 0 radical (unpaired) electrons. The Morgan fingerprint density at radius 2 is 1.92 bits per heavy atom. The highest BCUT2D eigenvalue weighted by molar-refractivity contribution is 8.01. The highest BCUT2D eigenvalue weighted by Gasteiger charge is 2.41. The maximum absolute atomic E-state index is 11.6. The summed E-state index contributed by atoms with van der Waals surface area (Å²) in [6, 6.07) is 0. The van der Waals surface area contributed by atoms with Crippen LogP contribution in [-0.4, -0.2) is 36.0 Å². The molecule has 5 heteroatoms. The second-order valence-electron chi connectivity index (χ2n) is 3.35. The Labute approximate surface area is 88.8 Å². The lowest BCUT2D eigenvalue weighted by Crippen LogP contribution is -2.54. The fourth-order valence-electron chi connectivity index (χ4n) is 1.84. The smallest absolute Gasteiger partial charge is 0.236 e. The van der Waals surface area contributed by atoms with Crippen molar-refractivity contribution in [3.05, 3.63) is 0 Å². The molecule has 2 aliphatic heterocycles. The van der Waals surface area contributed by atoms with Crippen molar-refractivity contribution < 1.29 is 4.79 Å². The second-order valence-corrected chi connectivity index (χ2v) is 4.83. The van der Waals surface area contributed by atoms with E-state index in [4.69, 9.17) is 0 Å². The number of carbonyl (C=O) groups is 1. The van der Waals surface area contributed by atoms with Crippen molar-refractivity contribution >= 4 is 30.1 Å². The molecule has 1 amide bonds. The molecule has 0 aromatic rings. The van der Waals surface area contributed by atoms with Crippen LogP contribution in [0.4, 0.5) is 0 Å². The van der Waals surface area contributed by atoms with E-state index in [1.807, 2.05) is 11.8 Å². The Kier molecular flexibility index (Phi) is 3.88. The van der Waals surface area contributed by atoms with Gasteiger partial charge < -0.3 is 10.6 Å². The van der Waals surface area contributed by atoms with Gasteiger partial charge in [0.15, 0.2) is 0 Å². The van der Waals surface area contributed by atoms with Gasteiger partial charge in [0.05, 0.1) is 4.75 Å². The largest absolute Gasteiger partial charge is 0.354 e. The quantitative estimate of drug-likeness (QED) is 0.623. The number of nitrogens with one attached hydrogen (secondary N) is 2. The molecular weight excluding hydrogens is 208 g/mol. The molecule has 1 spiro atoms. The summed E-state index contributed by atoms with van der Waals surface area (Å²) in [6.07, 6.45) is 1.98. The van der Waals surface area contributed by atoms with Crippen LogP contribution in [0.15, 0.2) is 0 Å². The van der Waals surface area contributed by atoms with Gasteiger partial charge in [-0.3, -0.25) is 4.79 Å². The summed E-state index contributed by atoms with van der Waals surface area (Å²) in [5, 5.41) is 6.24. The average Bonchev–Trinajstić information content (AvgIpc) is 2.12. The minimum atomic E-state index is -0.0799. The van der Waals surface area contributed by atoms with Crippen molar-refractivity contribution in [2.45, 2.75) is 17.6 Å². The standard InChI is InChI=1S/C8H14N2OS.ClH/c11-7-8(12-6-5-10-7)1-3-9-4-2-8;/h9H,1-6H2,(H,10,11);1H. The van der Waals surface area contributed by atoms with E-state index >= 15 is 0 Å². The Balaban J connectivity index is 0.000000845. The monoisotopic (exact) mass is 222 g/mol. The topological polar surface area (TPSA) is 41.1 Å². The van der Waals surface area contributed by atoms with E-state index in [9.17, 15) is 4.79 Å². The number of carbonyl (C=O) groups excluding carboxylic acids is 1. The third-order valence-corrected chi connectivity index (χ3v) is 4.15. The molecule has 0 atom stereocenters. The molecule has 0 bridgehead atoms. The molecule has 2 aliphatic rings. The first-order chi connectivity index (χ1) is 5.83. The predicted octanol–water partition coefficient (Wildman–Crippen LogP) is 0.393. The van der Waals surface area contributed by atoms with Gasteiger partial charge in [0.25, 0.3) is 0 Å². The van der Waals surface area contributed by atoms with Crippen LogP contribution in [0.25, 0.3) is 0 Å². The number of rotatable bonds is 0. The minimum Gasteiger partial charge on any atom is -0.354 e. The highest BCUT2D eigenvalue weighted by atomic mass is 35.5. The summed E-state index contributed by atoms with van der Waals surface area (Å²) in [4.78, 5) is 11.6. The molecule has 2 rings (SSSR count). The summed E-state index contributed by atoms with van der Waals surface area (Å²) in [5.41, 5.74) is 0. The molecule has 0 aromatic carbocycles. The minimum absolute atomic E-state index is 0. The number of amides is 1. The molecule has 76 valence electrons. The molecule has 0 saturated carbocycles. The van der Waals surface area contributed by atoms with Crippen LogP contribution < -0.4 is 10.6 Å². The zero-order valence-corrected chi connectivity index (χ0v) is 9.10. The molecule has 2 fully saturated rings. The van der Waals surface area contributed by atoms with E-state index in [0.29, 0.717) is 0 Å².